The molecule has 0 unspecified atom stereocenters. The second-order valence-corrected chi connectivity index (χ2v) is 7.77. The van der Waals surface area contributed by atoms with Gasteiger partial charge in [-0.05, 0) is 74.7 Å². The number of nitrogens with zero attached hydrogens (tertiary/aromatic N) is 2. The number of pyridine rings is 1. The van der Waals surface area contributed by atoms with Crippen molar-refractivity contribution in [3.8, 4) is 11.3 Å². The van der Waals surface area contributed by atoms with Crippen LogP contribution in [-0.2, 0) is 4.79 Å². The van der Waals surface area contributed by atoms with E-state index in [1.807, 2.05) is 60.9 Å². The molecule has 2 aromatic heterocycles. The van der Waals surface area contributed by atoms with E-state index in [1.54, 1.807) is 6.08 Å². The van der Waals surface area contributed by atoms with E-state index in [1.165, 1.54) is 11.1 Å². The van der Waals surface area contributed by atoms with Gasteiger partial charge in [-0.3, -0.25) is 9.20 Å². The van der Waals surface area contributed by atoms with Crippen molar-refractivity contribution in [2.75, 3.05) is 5.32 Å². The number of hydrogen-bond donors (Lipinski definition) is 1. The molecule has 0 saturated heterocycles. The highest BCUT2D eigenvalue weighted by Gasteiger charge is 2.12. The lowest BCUT2D eigenvalue weighted by atomic mass is 10.1. The number of aryl methyl sites for hydroxylation is 4. The Morgan fingerprint density at radius 2 is 1.67 bits per heavy atom. The monoisotopic (exact) mass is 395 g/mol. The van der Waals surface area contributed by atoms with Crippen molar-refractivity contribution >= 4 is 23.3 Å². The molecule has 1 amide bonds. The number of benzene rings is 2. The third kappa shape index (κ3) is 4.03. The van der Waals surface area contributed by atoms with E-state index in [4.69, 9.17) is 4.98 Å². The number of imidazole rings is 1. The standard InChI is InChI=1S/C26H25N3O/c1-17-5-8-21(9-6-17)26-23(29-14-13-18(2)15-24(29)28-26)11-12-25(30)27-22-10-7-19(3)20(4)16-22/h5-16H,1-4H3,(H,27,30)/b12-11+. The van der Waals surface area contributed by atoms with Crippen molar-refractivity contribution in [3.05, 3.63) is 94.8 Å². The number of anilines is 1. The van der Waals surface area contributed by atoms with E-state index < -0.39 is 0 Å². The highest BCUT2D eigenvalue weighted by Crippen LogP contribution is 2.26. The molecule has 0 atom stereocenters. The number of hydrogen-bond acceptors (Lipinski definition) is 2. The fourth-order valence-corrected chi connectivity index (χ4v) is 3.41. The molecule has 4 heteroatoms. The quantitative estimate of drug-likeness (QED) is 0.438. The Kier molecular flexibility index (Phi) is 5.23. The molecule has 2 aromatic carbocycles. The molecule has 2 heterocycles. The van der Waals surface area contributed by atoms with Crippen molar-refractivity contribution in [3.63, 3.8) is 0 Å². The van der Waals surface area contributed by atoms with Crippen LogP contribution in [0.1, 0.15) is 27.9 Å². The average Bonchev–Trinajstić information content (AvgIpc) is 3.07. The average molecular weight is 396 g/mol. The van der Waals surface area contributed by atoms with Gasteiger partial charge in [-0.2, -0.15) is 0 Å². The van der Waals surface area contributed by atoms with E-state index in [0.29, 0.717) is 0 Å². The molecule has 0 bridgehead atoms. The van der Waals surface area contributed by atoms with E-state index in [2.05, 4.69) is 43.4 Å². The first kappa shape index (κ1) is 19.6. The van der Waals surface area contributed by atoms with Crippen LogP contribution in [0, 0.1) is 27.7 Å². The van der Waals surface area contributed by atoms with Crippen LogP contribution >= 0.6 is 0 Å². The minimum Gasteiger partial charge on any atom is -0.323 e. The summed E-state index contributed by atoms with van der Waals surface area (Å²) in [6, 6.07) is 18.3. The largest absolute Gasteiger partial charge is 0.323 e. The van der Waals surface area contributed by atoms with Crippen LogP contribution < -0.4 is 5.32 Å². The zero-order valence-electron chi connectivity index (χ0n) is 17.7. The van der Waals surface area contributed by atoms with Gasteiger partial charge < -0.3 is 5.32 Å². The van der Waals surface area contributed by atoms with Crippen molar-refractivity contribution in [1.29, 1.82) is 0 Å². The van der Waals surface area contributed by atoms with Crippen LogP contribution in [-0.4, -0.2) is 15.3 Å². The van der Waals surface area contributed by atoms with Crippen LogP contribution in [0.5, 0.6) is 0 Å². The van der Waals surface area contributed by atoms with Gasteiger partial charge >= 0.3 is 0 Å². The first-order valence-corrected chi connectivity index (χ1v) is 10.0. The molecule has 30 heavy (non-hydrogen) atoms. The van der Waals surface area contributed by atoms with Gasteiger partial charge in [0.2, 0.25) is 5.91 Å². The molecule has 1 N–H and O–H groups in total. The second-order valence-electron chi connectivity index (χ2n) is 7.77. The number of carbonyl (C=O) groups excluding carboxylic acids is 1. The molecule has 0 saturated carbocycles. The molecule has 4 aromatic rings. The van der Waals surface area contributed by atoms with Crippen molar-refractivity contribution in [2.45, 2.75) is 27.7 Å². The Balaban J connectivity index is 1.69. The van der Waals surface area contributed by atoms with Crippen LogP contribution in [0.25, 0.3) is 23.0 Å². The molecular weight excluding hydrogens is 370 g/mol. The van der Waals surface area contributed by atoms with Gasteiger partial charge in [0.15, 0.2) is 0 Å². The Bertz CT molecular complexity index is 1260. The summed E-state index contributed by atoms with van der Waals surface area (Å²) in [6.07, 6.45) is 5.40. The molecule has 0 aliphatic rings. The van der Waals surface area contributed by atoms with Crippen LogP contribution in [0.3, 0.4) is 0 Å². The lowest BCUT2D eigenvalue weighted by molar-refractivity contribution is -0.111. The molecule has 150 valence electrons. The van der Waals surface area contributed by atoms with Gasteiger partial charge in [-0.15, -0.1) is 0 Å². The summed E-state index contributed by atoms with van der Waals surface area (Å²) in [7, 11) is 0. The molecular formula is C26H25N3O. The predicted molar refractivity (Wildman–Crippen MR) is 124 cm³/mol. The first-order chi connectivity index (χ1) is 14.4. The van der Waals surface area contributed by atoms with E-state index in [9.17, 15) is 4.79 Å². The number of nitrogens with one attached hydrogen (secondary N) is 1. The maximum absolute atomic E-state index is 12.6. The topological polar surface area (TPSA) is 46.4 Å². The summed E-state index contributed by atoms with van der Waals surface area (Å²) in [5.41, 5.74) is 9.10. The fraction of sp³-hybridized carbons (Fsp3) is 0.154. The SMILES string of the molecule is Cc1ccc(-c2nc3cc(C)ccn3c2/C=C/C(=O)Nc2ccc(C)c(C)c2)cc1. The normalized spacial score (nSPS) is 11.3. The second kappa shape index (κ2) is 7.99. The van der Waals surface area contributed by atoms with E-state index in [0.717, 1.165) is 39.4 Å². The fourth-order valence-electron chi connectivity index (χ4n) is 3.41. The van der Waals surface area contributed by atoms with Gasteiger partial charge in [0, 0.05) is 23.5 Å². The Hall–Kier alpha value is -3.66. The third-order valence-corrected chi connectivity index (χ3v) is 5.31. The summed E-state index contributed by atoms with van der Waals surface area (Å²) < 4.78 is 2.02. The summed E-state index contributed by atoms with van der Waals surface area (Å²) in [4.78, 5) is 17.4. The Morgan fingerprint density at radius 1 is 0.900 bits per heavy atom. The van der Waals surface area contributed by atoms with Gasteiger partial charge in [0.05, 0.1) is 11.4 Å². The lowest BCUT2D eigenvalue weighted by Gasteiger charge is -2.06. The van der Waals surface area contributed by atoms with Crippen LogP contribution in [0.15, 0.2) is 66.9 Å². The maximum atomic E-state index is 12.6. The zero-order valence-corrected chi connectivity index (χ0v) is 17.7. The van der Waals surface area contributed by atoms with Gasteiger partial charge in [0.25, 0.3) is 0 Å². The highest BCUT2D eigenvalue weighted by atomic mass is 16.1. The molecule has 4 rings (SSSR count). The van der Waals surface area contributed by atoms with Crippen molar-refractivity contribution in [2.24, 2.45) is 0 Å². The van der Waals surface area contributed by atoms with Crippen LogP contribution in [0.4, 0.5) is 5.69 Å². The number of amides is 1. The zero-order chi connectivity index (χ0) is 21.3. The van der Waals surface area contributed by atoms with E-state index in [-0.39, 0.29) is 5.91 Å². The van der Waals surface area contributed by atoms with Gasteiger partial charge in [0.1, 0.15) is 5.65 Å². The molecule has 0 fully saturated rings. The molecule has 0 aliphatic heterocycles. The predicted octanol–water partition coefficient (Wildman–Crippen LogP) is 5.89. The van der Waals surface area contributed by atoms with Crippen molar-refractivity contribution in [1.82, 2.24) is 9.38 Å². The molecule has 0 radical (unpaired) electrons. The number of carbonyl (C=O) groups is 1. The minimum atomic E-state index is -0.171. The summed E-state index contributed by atoms with van der Waals surface area (Å²) in [6.45, 7) is 8.20. The summed E-state index contributed by atoms with van der Waals surface area (Å²) >= 11 is 0. The third-order valence-electron chi connectivity index (χ3n) is 5.31. The summed E-state index contributed by atoms with van der Waals surface area (Å²) in [5.74, 6) is -0.171. The maximum Gasteiger partial charge on any atom is 0.248 e. The van der Waals surface area contributed by atoms with Gasteiger partial charge in [-0.25, -0.2) is 4.98 Å². The summed E-state index contributed by atoms with van der Waals surface area (Å²) in [5, 5.41) is 2.94. The Morgan fingerprint density at radius 3 is 2.40 bits per heavy atom. The number of fused-ring (bicyclic) bond motifs is 1. The Labute approximate surface area is 176 Å². The van der Waals surface area contributed by atoms with Crippen molar-refractivity contribution < 1.29 is 4.79 Å². The smallest absolute Gasteiger partial charge is 0.248 e. The lowest BCUT2D eigenvalue weighted by Crippen LogP contribution is -2.08. The first-order valence-electron chi connectivity index (χ1n) is 10.0. The minimum absolute atomic E-state index is 0.171. The van der Waals surface area contributed by atoms with Gasteiger partial charge in [-0.1, -0.05) is 35.9 Å². The highest BCUT2D eigenvalue weighted by molar-refractivity contribution is 6.02. The van der Waals surface area contributed by atoms with E-state index >= 15 is 0 Å². The molecule has 0 spiro atoms. The number of aromatic nitrogens is 2. The van der Waals surface area contributed by atoms with Crippen LogP contribution in [0.2, 0.25) is 0 Å². The molecule has 0 aliphatic carbocycles. The number of rotatable bonds is 4. The molecule has 4 nitrogen and oxygen atoms in total.